The van der Waals surface area contributed by atoms with Crippen LogP contribution >= 0.6 is 0 Å². The first-order valence-electron chi connectivity index (χ1n) is 11.3. The maximum atomic E-state index is 6.90. The quantitative estimate of drug-likeness (QED) is 0.557. The molecule has 0 radical (unpaired) electrons. The van der Waals surface area contributed by atoms with E-state index in [0.717, 1.165) is 37.3 Å². The predicted molar refractivity (Wildman–Crippen MR) is 123 cm³/mol. The molecule has 2 unspecified atom stereocenters. The molecular formula is C23H43N3O2Si. The maximum Gasteiger partial charge on any atom is 0.192 e. The molecule has 1 aliphatic heterocycles. The van der Waals surface area contributed by atoms with Crippen LogP contribution in [0.15, 0.2) is 12.4 Å². The second-order valence-electron chi connectivity index (χ2n) is 10.7. The summed E-state index contributed by atoms with van der Waals surface area (Å²) in [5, 5.41) is 4.10. The molecule has 5 nitrogen and oxygen atoms in total. The molecule has 0 aromatic carbocycles. The third-order valence-electron chi connectivity index (χ3n) is 6.15. The fourth-order valence-corrected chi connectivity index (χ4v) is 5.03. The Morgan fingerprint density at radius 2 is 1.72 bits per heavy atom. The zero-order chi connectivity index (χ0) is 21.8. The number of hydrogen-bond donors (Lipinski definition) is 1. The largest absolute Gasteiger partial charge is 0.488 e. The highest BCUT2D eigenvalue weighted by Gasteiger charge is 2.41. The Bertz CT molecular complexity index is 626. The Morgan fingerprint density at radius 1 is 1.10 bits per heavy atom. The van der Waals surface area contributed by atoms with Crippen LogP contribution in [0.1, 0.15) is 86.0 Å². The lowest BCUT2D eigenvalue weighted by molar-refractivity contribution is 0.120. The summed E-state index contributed by atoms with van der Waals surface area (Å²) in [6, 6.07) is 0.492. The van der Waals surface area contributed by atoms with Crippen molar-refractivity contribution >= 4 is 8.32 Å². The molecule has 1 saturated heterocycles. The summed E-state index contributed by atoms with van der Waals surface area (Å²) >= 11 is 0. The van der Waals surface area contributed by atoms with Crippen molar-refractivity contribution in [1.82, 2.24) is 15.3 Å². The molecule has 1 aliphatic rings. The van der Waals surface area contributed by atoms with Crippen LogP contribution in [-0.4, -0.2) is 36.5 Å². The minimum Gasteiger partial charge on any atom is -0.488 e. The van der Waals surface area contributed by atoms with Crippen LogP contribution in [0.25, 0.3) is 0 Å². The van der Waals surface area contributed by atoms with Gasteiger partial charge in [-0.15, -0.1) is 0 Å². The van der Waals surface area contributed by atoms with Crippen molar-refractivity contribution in [2.75, 3.05) is 0 Å². The number of nitrogens with zero attached hydrogens (tertiary/aromatic N) is 2. The van der Waals surface area contributed by atoms with Gasteiger partial charge in [0, 0.05) is 6.04 Å². The second kappa shape index (κ2) is 9.88. The van der Waals surface area contributed by atoms with Crippen LogP contribution in [0.3, 0.4) is 0 Å². The van der Waals surface area contributed by atoms with Gasteiger partial charge in [0.2, 0.25) is 0 Å². The lowest BCUT2D eigenvalue weighted by Crippen LogP contribution is -2.50. The maximum absolute atomic E-state index is 6.90. The normalized spacial score (nSPS) is 24.0. The molecule has 0 aliphatic carbocycles. The van der Waals surface area contributed by atoms with Gasteiger partial charge < -0.3 is 14.5 Å². The van der Waals surface area contributed by atoms with Crippen molar-refractivity contribution < 1.29 is 9.16 Å². The van der Waals surface area contributed by atoms with Gasteiger partial charge in [0.1, 0.15) is 5.82 Å². The van der Waals surface area contributed by atoms with E-state index in [2.05, 4.69) is 63.0 Å². The summed E-state index contributed by atoms with van der Waals surface area (Å²) in [5.74, 6) is 2.21. The Hall–Kier alpha value is -0.983. The smallest absolute Gasteiger partial charge is 0.192 e. The molecule has 0 saturated carbocycles. The first-order valence-corrected chi connectivity index (χ1v) is 14.2. The van der Waals surface area contributed by atoms with E-state index in [-0.39, 0.29) is 23.3 Å². The number of nitrogens with one attached hydrogen (secondary N) is 1. The molecule has 166 valence electrons. The van der Waals surface area contributed by atoms with E-state index in [4.69, 9.17) is 9.16 Å². The molecule has 0 amide bonds. The lowest BCUT2D eigenvalue weighted by atomic mass is 9.97. The van der Waals surface area contributed by atoms with E-state index >= 15 is 0 Å². The highest BCUT2D eigenvalue weighted by Crippen LogP contribution is 2.39. The van der Waals surface area contributed by atoms with Crippen LogP contribution in [0.4, 0.5) is 0 Å². The fraction of sp³-hybridized carbons (Fsp3) is 0.826. The van der Waals surface area contributed by atoms with E-state index in [1.807, 2.05) is 13.8 Å². The first kappa shape index (κ1) is 24.3. The first-order chi connectivity index (χ1) is 13.4. The average molecular weight is 422 g/mol. The number of hydrogen-bond acceptors (Lipinski definition) is 5. The summed E-state index contributed by atoms with van der Waals surface area (Å²) in [7, 11) is -1.82. The van der Waals surface area contributed by atoms with Gasteiger partial charge in [0.15, 0.2) is 14.1 Å². The number of ether oxygens (including phenoxy) is 1. The molecule has 1 aromatic heterocycles. The van der Waals surface area contributed by atoms with E-state index < -0.39 is 8.32 Å². The van der Waals surface area contributed by atoms with Crippen molar-refractivity contribution in [2.45, 2.75) is 117 Å². The lowest BCUT2D eigenvalue weighted by Gasteiger charge is -2.41. The highest BCUT2D eigenvalue weighted by molar-refractivity contribution is 6.74. The molecule has 2 heterocycles. The van der Waals surface area contributed by atoms with Gasteiger partial charge in [-0.1, -0.05) is 34.6 Å². The Kier molecular flexibility index (Phi) is 8.28. The third-order valence-corrected chi connectivity index (χ3v) is 10.7. The van der Waals surface area contributed by atoms with E-state index in [1.165, 1.54) is 0 Å². The van der Waals surface area contributed by atoms with Gasteiger partial charge in [0.05, 0.1) is 30.6 Å². The molecule has 0 spiro atoms. The Labute approximate surface area is 179 Å². The van der Waals surface area contributed by atoms with Crippen molar-refractivity contribution in [1.29, 1.82) is 0 Å². The van der Waals surface area contributed by atoms with Crippen molar-refractivity contribution in [3.63, 3.8) is 0 Å². The summed E-state index contributed by atoms with van der Waals surface area (Å²) < 4.78 is 12.6. The van der Waals surface area contributed by atoms with Crippen molar-refractivity contribution in [3.05, 3.63) is 18.2 Å². The van der Waals surface area contributed by atoms with E-state index in [1.54, 1.807) is 12.4 Å². The van der Waals surface area contributed by atoms with Crippen LogP contribution in [-0.2, 0) is 4.43 Å². The van der Waals surface area contributed by atoms with Gasteiger partial charge in [-0.05, 0) is 63.6 Å². The van der Waals surface area contributed by atoms with E-state index in [9.17, 15) is 0 Å². The Morgan fingerprint density at radius 3 is 2.24 bits per heavy atom. The molecule has 3 atom stereocenters. The van der Waals surface area contributed by atoms with Crippen molar-refractivity contribution in [2.24, 2.45) is 5.92 Å². The molecule has 2 rings (SSSR count). The van der Waals surface area contributed by atoms with Crippen molar-refractivity contribution in [3.8, 4) is 5.75 Å². The summed E-state index contributed by atoms with van der Waals surface area (Å²) in [6.45, 7) is 20.3. The van der Waals surface area contributed by atoms with Gasteiger partial charge >= 0.3 is 0 Å². The molecule has 6 heteroatoms. The van der Waals surface area contributed by atoms with Crippen LogP contribution in [0.5, 0.6) is 5.75 Å². The van der Waals surface area contributed by atoms with E-state index in [0.29, 0.717) is 12.0 Å². The number of aromatic nitrogens is 2. The third kappa shape index (κ3) is 7.04. The zero-order valence-corrected chi connectivity index (χ0v) is 21.1. The molecule has 0 bridgehead atoms. The average Bonchev–Trinajstić information content (AvgIpc) is 2.76. The van der Waals surface area contributed by atoms with Crippen LogP contribution < -0.4 is 10.1 Å². The highest BCUT2D eigenvalue weighted by atomic mass is 28.4. The fourth-order valence-electron chi connectivity index (χ4n) is 3.64. The summed E-state index contributed by atoms with van der Waals surface area (Å²) in [4.78, 5) is 9.24. The van der Waals surface area contributed by atoms with Crippen LogP contribution in [0.2, 0.25) is 18.1 Å². The van der Waals surface area contributed by atoms with Gasteiger partial charge in [0.25, 0.3) is 0 Å². The summed E-state index contributed by atoms with van der Waals surface area (Å²) in [5.41, 5.74) is 0. The minimum atomic E-state index is -1.82. The zero-order valence-electron chi connectivity index (χ0n) is 20.1. The standard InChI is InChI=1S/C23H43N3O2Si/c1-16(2)13-20-21(28-29(8,9)23(5,6)7)12-10-11-19(26-20)22-24-14-18(15-25-22)27-17(3)4/h14-17,19-21,26H,10-13H2,1-9H3/t19?,20-,21?/m1/s1. The second-order valence-corrected chi connectivity index (χ2v) is 15.5. The van der Waals surface area contributed by atoms with Gasteiger partial charge in [-0.2, -0.15) is 0 Å². The van der Waals surface area contributed by atoms with Gasteiger partial charge in [-0.3, -0.25) is 0 Å². The topological polar surface area (TPSA) is 56.3 Å². The Balaban J connectivity index is 2.17. The monoisotopic (exact) mass is 421 g/mol. The minimum absolute atomic E-state index is 0.129. The molecular weight excluding hydrogens is 378 g/mol. The molecule has 1 aromatic rings. The SMILES string of the molecule is CC(C)C[C@H]1NC(c2ncc(OC(C)C)cn2)CCCC1O[Si](C)(C)C(C)(C)C. The predicted octanol–water partition coefficient (Wildman–Crippen LogP) is 5.88. The van der Waals surface area contributed by atoms with Crippen LogP contribution in [0, 0.1) is 5.92 Å². The number of rotatable bonds is 7. The molecule has 29 heavy (non-hydrogen) atoms. The van der Waals surface area contributed by atoms with Gasteiger partial charge in [-0.25, -0.2) is 9.97 Å². The summed E-state index contributed by atoms with van der Waals surface area (Å²) in [6.07, 6.45) is 8.35. The molecule has 1 fully saturated rings. The molecule has 1 N–H and O–H groups in total.